The van der Waals surface area contributed by atoms with Crippen molar-refractivity contribution in [3.63, 3.8) is 0 Å². The Bertz CT molecular complexity index is 317. The molecule has 0 spiro atoms. The minimum atomic E-state index is -0.109. The van der Waals surface area contributed by atoms with E-state index >= 15 is 0 Å². The predicted molar refractivity (Wildman–Crippen MR) is 59.9 cm³/mol. The number of aliphatic hydroxyl groups excluding tert-OH is 1. The lowest BCUT2D eigenvalue weighted by molar-refractivity contribution is 0.283. The summed E-state index contributed by atoms with van der Waals surface area (Å²) >= 11 is 0. The Morgan fingerprint density at radius 1 is 1.14 bits per heavy atom. The number of nitrogens with two attached hydrogens (primary N) is 2. The molecule has 14 heavy (non-hydrogen) atoms. The summed E-state index contributed by atoms with van der Waals surface area (Å²) in [6.45, 7) is 6.18. The summed E-state index contributed by atoms with van der Waals surface area (Å²) in [5.41, 5.74) is 14.4. The van der Waals surface area contributed by atoms with E-state index in [9.17, 15) is 0 Å². The van der Waals surface area contributed by atoms with Crippen LogP contribution in [0.1, 0.15) is 31.9 Å². The number of aliphatic hydroxyl groups is 1. The van der Waals surface area contributed by atoms with Gasteiger partial charge in [-0.05, 0) is 23.1 Å². The van der Waals surface area contributed by atoms with Gasteiger partial charge in [0.05, 0.1) is 6.61 Å². The second kappa shape index (κ2) is 3.50. The van der Waals surface area contributed by atoms with E-state index < -0.39 is 0 Å². The number of anilines is 2. The topological polar surface area (TPSA) is 72.3 Å². The monoisotopic (exact) mass is 194 g/mol. The summed E-state index contributed by atoms with van der Waals surface area (Å²) in [5, 5.41) is 9.03. The van der Waals surface area contributed by atoms with Crippen molar-refractivity contribution in [2.75, 3.05) is 11.5 Å². The molecule has 0 heterocycles. The maximum absolute atomic E-state index is 9.03. The minimum Gasteiger partial charge on any atom is -0.398 e. The third-order valence-corrected chi connectivity index (χ3v) is 2.34. The Hall–Kier alpha value is -1.22. The molecule has 0 aliphatic carbocycles. The van der Waals surface area contributed by atoms with E-state index in [1.165, 1.54) is 0 Å². The van der Waals surface area contributed by atoms with E-state index in [2.05, 4.69) is 20.8 Å². The van der Waals surface area contributed by atoms with E-state index in [4.69, 9.17) is 16.6 Å². The lowest BCUT2D eigenvalue weighted by Crippen LogP contribution is -2.13. The van der Waals surface area contributed by atoms with Gasteiger partial charge in [-0.2, -0.15) is 0 Å². The molecule has 0 saturated heterocycles. The quantitative estimate of drug-likeness (QED) is 0.595. The van der Waals surface area contributed by atoms with Gasteiger partial charge in [-0.1, -0.05) is 20.8 Å². The van der Waals surface area contributed by atoms with Gasteiger partial charge in [-0.25, -0.2) is 0 Å². The molecule has 3 nitrogen and oxygen atoms in total. The molecule has 1 aromatic carbocycles. The number of hydrogen-bond acceptors (Lipinski definition) is 3. The van der Waals surface area contributed by atoms with Crippen LogP contribution in [0.3, 0.4) is 0 Å². The SMILES string of the molecule is CC(C)(C)c1cc(N)c(CO)c(N)c1. The maximum Gasteiger partial charge on any atom is 0.0722 e. The first-order valence-electron chi connectivity index (χ1n) is 4.65. The van der Waals surface area contributed by atoms with Crippen molar-refractivity contribution in [1.29, 1.82) is 0 Å². The highest BCUT2D eigenvalue weighted by atomic mass is 16.3. The van der Waals surface area contributed by atoms with Crippen molar-refractivity contribution in [3.8, 4) is 0 Å². The van der Waals surface area contributed by atoms with Crippen molar-refractivity contribution < 1.29 is 5.11 Å². The highest BCUT2D eigenvalue weighted by Gasteiger charge is 2.16. The van der Waals surface area contributed by atoms with Gasteiger partial charge in [0.25, 0.3) is 0 Å². The summed E-state index contributed by atoms with van der Waals surface area (Å²) in [7, 11) is 0. The van der Waals surface area contributed by atoms with Crippen LogP contribution >= 0.6 is 0 Å². The number of benzene rings is 1. The van der Waals surface area contributed by atoms with Crippen molar-refractivity contribution in [3.05, 3.63) is 23.3 Å². The molecular weight excluding hydrogens is 176 g/mol. The first kappa shape index (κ1) is 10.9. The van der Waals surface area contributed by atoms with E-state index in [1.807, 2.05) is 12.1 Å². The lowest BCUT2D eigenvalue weighted by Gasteiger charge is -2.21. The van der Waals surface area contributed by atoms with Crippen molar-refractivity contribution in [2.24, 2.45) is 0 Å². The van der Waals surface area contributed by atoms with Gasteiger partial charge >= 0.3 is 0 Å². The van der Waals surface area contributed by atoms with Crippen molar-refractivity contribution in [2.45, 2.75) is 32.8 Å². The van der Waals surface area contributed by atoms with Gasteiger partial charge in [-0.3, -0.25) is 0 Å². The van der Waals surface area contributed by atoms with Crippen LogP contribution in [0.25, 0.3) is 0 Å². The normalized spacial score (nSPS) is 11.7. The Kier molecular flexibility index (Phi) is 2.71. The van der Waals surface area contributed by atoms with Crippen LogP contribution in [0.2, 0.25) is 0 Å². The Balaban J connectivity index is 3.28. The Morgan fingerprint density at radius 2 is 1.57 bits per heavy atom. The molecule has 78 valence electrons. The minimum absolute atomic E-state index is 0.0240. The number of hydrogen-bond donors (Lipinski definition) is 3. The highest BCUT2D eigenvalue weighted by Crippen LogP contribution is 2.29. The fraction of sp³-hybridized carbons (Fsp3) is 0.455. The fourth-order valence-corrected chi connectivity index (χ4v) is 1.33. The molecule has 0 atom stereocenters. The lowest BCUT2D eigenvalue weighted by atomic mass is 9.85. The van der Waals surface area contributed by atoms with E-state index in [1.54, 1.807) is 0 Å². The molecule has 0 bridgehead atoms. The molecule has 0 fully saturated rings. The summed E-state index contributed by atoms with van der Waals surface area (Å²) < 4.78 is 0. The van der Waals surface area contributed by atoms with Crippen LogP contribution in [0.4, 0.5) is 11.4 Å². The zero-order chi connectivity index (χ0) is 10.9. The predicted octanol–water partition coefficient (Wildman–Crippen LogP) is 1.64. The van der Waals surface area contributed by atoms with E-state index in [0.29, 0.717) is 16.9 Å². The van der Waals surface area contributed by atoms with E-state index in [-0.39, 0.29) is 12.0 Å². The molecule has 3 heteroatoms. The third kappa shape index (κ3) is 1.99. The molecule has 0 aliphatic rings. The first-order chi connectivity index (χ1) is 6.36. The van der Waals surface area contributed by atoms with Gasteiger partial charge in [0.15, 0.2) is 0 Å². The van der Waals surface area contributed by atoms with Gasteiger partial charge in [-0.15, -0.1) is 0 Å². The molecule has 0 saturated carbocycles. The molecule has 1 aromatic rings. The highest BCUT2D eigenvalue weighted by molar-refractivity contribution is 5.63. The van der Waals surface area contributed by atoms with Crippen molar-refractivity contribution in [1.82, 2.24) is 0 Å². The van der Waals surface area contributed by atoms with Crippen LogP contribution in [-0.4, -0.2) is 5.11 Å². The van der Waals surface area contributed by atoms with Crippen LogP contribution in [0, 0.1) is 0 Å². The molecule has 0 unspecified atom stereocenters. The van der Waals surface area contributed by atoms with Crippen molar-refractivity contribution >= 4 is 11.4 Å². The average molecular weight is 194 g/mol. The zero-order valence-corrected chi connectivity index (χ0v) is 8.96. The fourth-order valence-electron chi connectivity index (χ4n) is 1.33. The second-order valence-electron chi connectivity index (χ2n) is 4.54. The van der Waals surface area contributed by atoms with Crippen LogP contribution in [0.15, 0.2) is 12.1 Å². The summed E-state index contributed by atoms with van der Waals surface area (Å²) in [5.74, 6) is 0. The number of rotatable bonds is 1. The summed E-state index contributed by atoms with van der Waals surface area (Å²) in [6.07, 6.45) is 0. The molecular formula is C11H18N2O. The van der Waals surface area contributed by atoms with Crippen LogP contribution < -0.4 is 11.5 Å². The standard InChI is InChI=1S/C11H18N2O/c1-11(2,3)7-4-9(12)8(6-14)10(13)5-7/h4-5,14H,6,12-13H2,1-3H3. The maximum atomic E-state index is 9.03. The summed E-state index contributed by atoms with van der Waals surface area (Å²) in [4.78, 5) is 0. The molecule has 0 amide bonds. The first-order valence-corrected chi connectivity index (χ1v) is 4.65. The van der Waals surface area contributed by atoms with Gasteiger partial charge < -0.3 is 16.6 Å². The van der Waals surface area contributed by atoms with Crippen LogP contribution in [0.5, 0.6) is 0 Å². The Labute approximate surface area is 84.7 Å². The Morgan fingerprint density at radius 3 is 1.86 bits per heavy atom. The molecule has 5 N–H and O–H groups in total. The van der Waals surface area contributed by atoms with Gasteiger partial charge in [0.1, 0.15) is 0 Å². The van der Waals surface area contributed by atoms with Crippen LogP contribution in [-0.2, 0) is 12.0 Å². The van der Waals surface area contributed by atoms with E-state index in [0.717, 1.165) is 5.56 Å². The second-order valence-corrected chi connectivity index (χ2v) is 4.54. The summed E-state index contributed by atoms with van der Waals surface area (Å²) in [6, 6.07) is 3.75. The smallest absolute Gasteiger partial charge is 0.0722 e. The number of nitrogen functional groups attached to an aromatic ring is 2. The molecule has 1 rings (SSSR count). The van der Waals surface area contributed by atoms with Gasteiger partial charge in [0.2, 0.25) is 0 Å². The molecule has 0 radical (unpaired) electrons. The average Bonchev–Trinajstić information content (AvgIpc) is 2.01. The zero-order valence-electron chi connectivity index (χ0n) is 8.96. The van der Waals surface area contributed by atoms with Gasteiger partial charge in [0, 0.05) is 16.9 Å². The molecule has 0 aromatic heterocycles. The molecule has 0 aliphatic heterocycles. The third-order valence-electron chi connectivity index (χ3n) is 2.34. The largest absolute Gasteiger partial charge is 0.398 e.